The lowest BCUT2D eigenvalue weighted by Gasteiger charge is -2.58. The summed E-state index contributed by atoms with van der Waals surface area (Å²) >= 11 is 0. The minimum Gasteiger partial charge on any atom is -0.455 e. The van der Waals surface area contributed by atoms with E-state index < -0.39 is 12.5 Å². The Bertz CT molecular complexity index is 663. The van der Waals surface area contributed by atoms with E-state index >= 15 is 0 Å². The number of rotatable bonds is 2. The van der Waals surface area contributed by atoms with Crippen LogP contribution in [0.5, 0.6) is 5.75 Å². The highest BCUT2D eigenvalue weighted by atomic mass is 19.4. The Labute approximate surface area is 145 Å². The summed E-state index contributed by atoms with van der Waals surface area (Å²) in [5, 5.41) is 9.23. The zero-order chi connectivity index (χ0) is 17.8. The summed E-state index contributed by atoms with van der Waals surface area (Å²) in [5.41, 5.74) is 2.45. The van der Waals surface area contributed by atoms with Gasteiger partial charge in [0.2, 0.25) is 0 Å². The number of benzene rings is 1. The van der Waals surface area contributed by atoms with Gasteiger partial charge in [-0.05, 0) is 68.5 Å². The van der Waals surface area contributed by atoms with Gasteiger partial charge >= 0.3 is 6.18 Å². The maximum atomic E-state index is 12.6. The molecule has 2 aliphatic carbocycles. The van der Waals surface area contributed by atoms with Gasteiger partial charge in [0.05, 0.1) is 0 Å². The van der Waals surface area contributed by atoms with Gasteiger partial charge in [-0.15, -0.1) is 0 Å². The van der Waals surface area contributed by atoms with Crippen LogP contribution in [0.25, 0.3) is 0 Å². The number of nitrogens with zero attached hydrogens (tertiary/aromatic N) is 1. The van der Waals surface area contributed by atoms with Gasteiger partial charge < -0.3 is 14.7 Å². The lowest BCUT2D eigenvalue weighted by molar-refractivity contribution is -0.265. The maximum absolute atomic E-state index is 12.6. The van der Waals surface area contributed by atoms with Gasteiger partial charge in [0.1, 0.15) is 5.75 Å². The topological polar surface area (TPSA) is 32.7 Å². The van der Waals surface area contributed by atoms with E-state index in [-0.39, 0.29) is 11.2 Å². The number of ether oxygens (including phenoxy) is 1. The SMILES string of the molecule is CN1CC[C@]23CCCC[C@H]2[C@H]1Cc1ccc(OC(O)C(F)(F)F)cc13. The minimum absolute atomic E-state index is 0.0611. The summed E-state index contributed by atoms with van der Waals surface area (Å²) in [5.74, 6) is 0.676. The van der Waals surface area contributed by atoms with E-state index in [0.29, 0.717) is 12.0 Å². The molecule has 1 heterocycles. The number of alkyl halides is 3. The molecule has 25 heavy (non-hydrogen) atoms. The smallest absolute Gasteiger partial charge is 0.452 e. The van der Waals surface area contributed by atoms with Crippen LogP contribution in [0.2, 0.25) is 0 Å². The zero-order valence-electron chi connectivity index (χ0n) is 14.4. The van der Waals surface area contributed by atoms with Crippen LogP contribution in [0.3, 0.4) is 0 Å². The number of likely N-dealkylation sites (N-methyl/N-ethyl adjacent to an activating group) is 1. The average molecular weight is 355 g/mol. The Hall–Kier alpha value is -1.27. The van der Waals surface area contributed by atoms with E-state index in [4.69, 9.17) is 4.74 Å². The zero-order valence-corrected chi connectivity index (χ0v) is 14.4. The first-order chi connectivity index (χ1) is 11.8. The number of aliphatic hydroxyl groups excluding tert-OH is 1. The molecule has 1 saturated heterocycles. The van der Waals surface area contributed by atoms with Crippen molar-refractivity contribution in [2.24, 2.45) is 5.92 Å². The lowest BCUT2D eigenvalue weighted by atomic mass is 9.52. The highest BCUT2D eigenvalue weighted by molar-refractivity contribution is 5.45. The number of likely N-dealkylation sites (tertiary alicyclic amines) is 1. The summed E-state index contributed by atoms with van der Waals surface area (Å²) in [7, 11) is 2.19. The monoisotopic (exact) mass is 355 g/mol. The first-order valence-corrected chi connectivity index (χ1v) is 9.06. The fraction of sp³-hybridized carbons (Fsp3) is 0.684. The molecule has 0 aromatic heterocycles. The molecule has 6 heteroatoms. The third-order valence-electron chi connectivity index (χ3n) is 6.61. The number of hydrogen-bond donors (Lipinski definition) is 1. The predicted molar refractivity (Wildman–Crippen MR) is 87.5 cm³/mol. The van der Waals surface area contributed by atoms with E-state index in [1.807, 2.05) is 6.07 Å². The van der Waals surface area contributed by atoms with Crippen LogP contribution in [0, 0.1) is 5.92 Å². The van der Waals surface area contributed by atoms with E-state index in [2.05, 4.69) is 11.9 Å². The Balaban J connectivity index is 1.72. The van der Waals surface area contributed by atoms with Crippen molar-refractivity contribution in [2.75, 3.05) is 13.6 Å². The number of fused-ring (bicyclic) bond motifs is 1. The first kappa shape index (κ1) is 17.2. The molecule has 2 fully saturated rings. The summed E-state index contributed by atoms with van der Waals surface area (Å²) in [6.45, 7) is 1.02. The van der Waals surface area contributed by atoms with Crippen molar-refractivity contribution < 1.29 is 23.0 Å². The van der Waals surface area contributed by atoms with Gasteiger partial charge in [-0.2, -0.15) is 13.2 Å². The summed E-state index contributed by atoms with van der Waals surface area (Å²) < 4.78 is 42.6. The lowest BCUT2D eigenvalue weighted by Crippen LogP contribution is -2.59. The third kappa shape index (κ3) is 2.74. The van der Waals surface area contributed by atoms with Crippen LogP contribution in [0.15, 0.2) is 18.2 Å². The second kappa shape index (κ2) is 5.88. The molecule has 3 aliphatic rings. The molecule has 3 nitrogen and oxygen atoms in total. The molecule has 0 amide bonds. The fourth-order valence-corrected chi connectivity index (χ4v) is 5.44. The number of halogens is 3. The largest absolute Gasteiger partial charge is 0.455 e. The van der Waals surface area contributed by atoms with Crippen LogP contribution in [-0.4, -0.2) is 42.1 Å². The Morgan fingerprint density at radius 2 is 2.08 bits per heavy atom. The van der Waals surface area contributed by atoms with Crippen molar-refractivity contribution >= 4 is 0 Å². The standard InChI is InChI=1S/C19H24F3NO2/c1-23-9-8-18-7-3-2-4-14(18)16(23)10-12-5-6-13(11-15(12)18)25-17(24)19(20,21)22/h5-6,11,14,16-17,24H,2-4,7-10H2,1H3/t14-,16+,17?,18+/m0/s1. The second-order valence-electron chi connectivity index (χ2n) is 7.84. The highest BCUT2D eigenvalue weighted by Crippen LogP contribution is 2.56. The van der Waals surface area contributed by atoms with Crippen molar-refractivity contribution in [2.45, 2.75) is 62.4 Å². The van der Waals surface area contributed by atoms with Gasteiger partial charge in [0.15, 0.2) is 0 Å². The van der Waals surface area contributed by atoms with Gasteiger partial charge in [0.25, 0.3) is 6.29 Å². The molecule has 0 radical (unpaired) electrons. The number of aliphatic hydroxyl groups is 1. The van der Waals surface area contributed by atoms with Gasteiger partial charge in [0, 0.05) is 11.5 Å². The van der Waals surface area contributed by atoms with Crippen LogP contribution in [0.4, 0.5) is 13.2 Å². The molecule has 4 rings (SSSR count). The molecule has 138 valence electrons. The van der Waals surface area contributed by atoms with Gasteiger partial charge in [-0.3, -0.25) is 0 Å². The third-order valence-corrected chi connectivity index (χ3v) is 6.61. The second-order valence-corrected chi connectivity index (χ2v) is 7.84. The van der Waals surface area contributed by atoms with E-state index in [1.54, 1.807) is 12.1 Å². The molecule has 4 atom stereocenters. The van der Waals surface area contributed by atoms with Crippen molar-refractivity contribution in [3.63, 3.8) is 0 Å². The normalized spacial score (nSPS) is 33.3. The van der Waals surface area contributed by atoms with Crippen LogP contribution >= 0.6 is 0 Å². The molecule has 1 aromatic carbocycles. The average Bonchev–Trinajstić information content (AvgIpc) is 2.57. The van der Waals surface area contributed by atoms with Gasteiger partial charge in [-0.25, -0.2) is 0 Å². The van der Waals surface area contributed by atoms with Crippen molar-refractivity contribution in [3.8, 4) is 5.75 Å². The fourth-order valence-electron chi connectivity index (χ4n) is 5.44. The Morgan fingerprint density at radius 3 is 2.84 bits per heavy atom. The molecule has 1 unspecified atom stereocenters. The highest BCUT2D eigenvalue weighted by Gasteiger charge is 2.53. The molecule has 1 aromatic rings. The molecule has 1 aliphatic heterocycles. The van der Waals surface area contributed by atoms with E-state index in [1.165, 1.54) is 24.8 Å². The minimum atomic E-state index is -4.78. The molecule has 0 spiro atoms. The number of piperidine rings is 1. The van der Waals surface area contributed by atoms with Crippen LogP contribution in [0.1, 0.15) is 43.2 Å². The summed E-state index contributed by atoms with van der Waals surface area (Å²) in [4.78, 5) is 2.45. The van der Waals surface area contributed by atoms with Crippen molar-refractivity contribution in [1.29, 1.82) is 0 Å². The molecular formula is C19H24F3NO2. The Morgan fingerprint density at radius 1 is 1.28 bits per heavy atom. The summed E-state index contributed by atoms with van der Waals surface area (Å²) in [6, 6.07) is 5.74. The van der Waals surface area contributed by atoms with Crippen LogP contribution < -0.4 is 4.74 Å². The first-order valence-electron chi connectivity index (χ1n) is 9.06. The van der Waals surface area contributed by atoms with E-state index in [0.717, 1.165) is 31.4 Å². The molecular weight excluding hydrogens is 331 g/mol. The van der Waals surface area contributed by atoms with Crippen LogP contribution in [-0.2, 0) is 11.8 Å². The quantitative estimate of drug-likeness (QED) is 0.823. The van der Waals surface area contributed by atoms with Crippen molar-refractivity contribution in [1.82, 2.24) is 4.90 Å². The van der Waals surface area contributed by atoms with E-state index in [9.17, 15) is 18.3 Å². The molecule has 2 bridgehead atoms. The Kier molecular flexibility index (Phi) is 4.03. The summed E-state index contributed by atoms with van der Waals surface area (Å²) in [6.07, 6.45) is -0.884. The van der Waals surface area contributed by atoms with Crippen molar-refractivity contribution in [3.05, 3.63) is 29.3 Å². The number of hydrogen-bond acceptors (Lipinski definition) is 3. The van der Waals surface area contributed by atoms with Gasteiger partial charge in [-0.1, -0.05) is 18.9 Å². The molecule has 1 saturated carbocycles. The molecule has 1 N–H and O–H groups in total. The maximum Gasteiger partial charge on any atom is 0.452 e. The predicted octanol–water partition coefficient (Wildman–Crippen LogP) is 3.63.